The molecule has 2 aromatic rings. The van der Waals surface area contributed by atoms with Gasteiger partial charge in [0.2, 0.25) is 5.89 Å². The topological polar surface area (TPSA) is 88.3 Å². The second-order valence-corrected chi connectivity index (χ2v) is 6.09. The van der Waals surface area contributed by atoms with Gasteiger partial charge in [0, 0.05) is 31.6 Å². The summed E-state index contributed by atoms with van der Waals surface area (Å²) >= 11 is 0. The maximum absolute atomic E-state index is 12.4. The van der Waals surface area contributed by atoms with Crippen LogP contribution in [0, 0.1) is 13.8 Å². The molecule has 2 amide bonds. The predicted molar refractivity (Wildman–Crippen MR) is 87.4 cm³/mol. The SMILES string of the molecule is Cc1cccc(NC(=O)C(=O)N2CCCC(c3noc(C)n3)C2)c1. The van der Waals surface area contributed by atoms with Crippen LogP contribution in [0.2, 0.25) is 0 Å². The standard InChI is InChI=1S/C17H20N4O3/c1-11-5-3-7-14(9-11)19-16(22)17(23)21-8-4-6-13(10-21)15-18-12(2)24-20-15/h3,5,7,9,13H,4,6,8,10H2,1-2H3,(H,19,22). The average Bonchev–Trinajstić information content (AvgIpc) is 3.01. The summed E-state index contributed by atoms with van der Waals surface area (Å²) in [6.07, 6.45) is 1.68. The summed E-state index contributed by atoms with van der Waals surface area (Å²) in [6, 6.07) is 7.36. The molecule has 1 atom stereocenters. The van der Waals surface area contributed by atoms with Gasteiger partial charge < -0.3 is 14.7 Å². The van der Waals surface area contributed by atoms with Crippen LogP contribution in [-0.2, 0) is 9.59 Å². The van der Waals surface area contributed by atoms with Crippen LogP contribution in [0.15, 0.2) is 28.8 Å². The molecular weight excluding hydrogens is 308 g/mol. The fraction of sp³-hybridized carbons (Fsp3) is 0.412. The van der Waals surface area contributed by atoms with Gasteiger partial charge in [-0.1, -0.05) is 17.3 Å². The van der Waals surface area contributed by atoms with Crippen LogP contribution in [0.25, 0.3) is 0 Å². The van der Waals surface area contributed by atoms with E-state index in [4.69, 9.17) is 4.52 Å². The van der Waals surface area contributed by atoms with E-state index in [0.717, 1.165) is 18.4 Å². The Hall–Kier alpha value is -2.70. The van der Waals surface area contributed by atoms with E-state index < -0.39 is 11.8 Å². The fourth-order valence-electron chi connectivity index (χ4n) is 2.90. The summed E-state index contributed by atoms with van der Waals surface area (Å²) in [5.74, 6) is -0.0337. The number of likely N-dealkylation sites (tertiary alicyclic amines) is 1. The molecule has 1 aliphatic rings. The number of carbonyl (C=O) groups excluding carboxylic acids is 2. The third-order valence-corrected chi connectivity index (χ3v) is 4.09. The second-order valence-electron chi connectivity index (χ2n) is 6.09. The number of hydrogen-bond acceptors (Lipinski definition) is 5. The third kappa shape index (κ3) is 3.61. The average molecular weight is 328 g/mol. The number of nitrogens with one attached hydrogen (secondary N) is 1. The van der Waals surface area contributed by atoms with Gasteiger partial charge in [-0.15, -0.1) is 0 Å². The Bertz CT molecular complexity index is 756. The first-order valence-electron chi connectivity index (χ1n) is 8.00. The molecular formula is C17H20N4O3. The van der Waals surface area contributed by atoms with Gasteiger partial charge >= 0.3 is 11.8 Å². The van der Waals surface area contributed by atoms with E-state index in [1.54, 1.807) is 17.9 Å². The van der Waals surface area contributed by atoms with E-state index in [2.05, 4.69) is 15.5 Å². The highest BCUT2D eigenvalue weighted by molar-refractivity contribution is 6.39. The quantitative estimate of drug-likeness (QED) is 0.852. The van der Waals surface area contributed by atoms with E-state index in [-0.39, 0.29) is 5.92 Å². The summed E-state index contributed by atoms with van der Waals surface area (Å²) in [4.78, 5) is 30.4. The number of hydrogen-bond donors (Lipinski definition) is 1. The van der Waals surface area contributed by atoms with Crippen molar-refractivity contribution >= 4 is 17.5 Å². The molecule has 0 saturated carbocycles. The van der Waals surface area contributed by atoms with Gasteiger partial charge in [-0.3, -0.25) is 9.59 Å². The molecule has 1 N–H and O–H groups in total. The Morgan fingerprint density at radius 1 is 1.33 bits per heavy atom. The van der Waals surface area contributed by atoms with Crippen molar-refractivity contribution in [3.8, 4) is 0 Å². The first kappa shape index (κ1) is 16.2. The van der Waals surface area contributed by atoms with Crippen molar-refractivity contribution in [1.29, 1.82) is 0 Å². The Labute approximate surface area is 140 Å². The van der Waals surface area contributed by atoms with Crippen molar-refractivity contribution in [2.75, 3.05) is 18.4 Å². The Kier molecular flexibility index (Phi) is 4.59. The van der Waals surface area contributed by atoms with E-state index >= 15 is 0 Å². The molecule has 3 rings (SSSR count). The van der Waals surface area contributed by atoms with Crippen molar-refractivity contribution in [2.24, 2.45) is 0 Å². The van der Waals surface area contributed by atoms with E-state index in [0.29, 0.717) is 30.5 Å². The molecule has 24 heavy (non-hydrogen) atoms. The molecule has 0 radical (unpaired) electrons. The van der Waals surface area contributed by atoms with E-state index in [1.807, 2.05) is 25.1 Å². The van der Waals surface area contributed by atoms with E-state index in [1.165, 1.54) is 0 Å². The van der Waals surface area contributed by atoms with Crippen molar-refractivity contribution in [1.82, 2.24) is 15.0 Å². The number of aromatic nitrogens is 2. The van der Waals surface area contributed by atoms with Crippen LogP contribution >= 0.6 is 0 Å². The van der Waals surface area contributed by atoms with Crippen LogP contribution < -0.4 is 5.32 Å². The van der Waals surface area contributed by atoms with Gasteiger partial charge in [0.25, 0.3) is 0 Å². The number of rotatable bonds is 2. The smallest absolute Gasteiger partial charge is 0.313 e. The van der Waals surface area contributed by atoms with E-state index in [9.17, 15) is 9.59 Å². The number of anilines is 1. The molecule has 2 heterocycles. The first-order valence-corrected chi connectivity index (χ1v) is 8.00. The minimum absolute atomic E-state index is 0.00641. The normalized spacial score (nSPS) is 17.6. The monoisotopic (exact) mass is 328 g/mol. The first-order chi connectivity index (χ1) is 11.5. The summed E-state index contributed by atoms with van der Waals surface area (Å²) in [5.41, 5.74) is 1.64. The zero-order chi connectivity index (χ0) is 17.1. The van der Waals surface area contributed by atoms with Crippen molar-refractivity contribution < 1.29 is 14.1 Å². The van der Waals surface area contributed by atoms with Crippen LogP contribution in [0.1, 0.15) is 36.0 Å². The molecule has 1 aromatic carbocycles. The number of carbonyl (C=O) groups is 2. The molecule has 126 valence electrons. The molecule has 0 bridgehead atoms. The van der Waals surface area contributed by atoms with Crippen LogP contribution in [0.5, 0.6) is 0 Å². The molecule has 0 spiro atoms. The lowest BCUT2D eigenvalue weighted by Crippen LogP contribution is -2.44. The van der Waals surface area contributed by atoms with Gasteiger partial charge in [0.1, 0.15) is 0 Å². The molecule has 7 heteroatoms. The Balaban J connectivity index is 1.64. The third-order valence-electron chi connectivity index (χ3n) is 4.09. The Morgan fingerprint density at radius 2 is 2.17 bits per heavy atom. The lowest BCUT2D eigenvalue weighted by Gasteiger charge is -2.30. The lowest BCUT2D eigenvalue weighted by molar-refractivity contribution is -0.144. The van der Waals surface area contributed by atoms with Crippen LogP contribution in [0.3, 0.4) is 0 Å². The Morgan fingerprint density at radius 3 is 2.88 bits per heavy atom. The van der Waals surface area contributed by atoms with Gasteiger partial charge in [-0.2, -0.15) is 4.98 Å². The molecule has 1 aromatic heterocycles. The second kappa shape index (κ2) is 6.82. The molecule has 0 aliphatic carbocycles. The zero-order valence-corrected chi connectivity index (χ0v) is 13.8. The van der Waals surface area contributed by atoms with Gasteiger partial charge in [-0.05, 0) is 37.5 Å². The summed E-state index contributed by atoms with van der Waals surface area (Å²) in [7, 11) is 0. The van der Waals surface area contributed by atoms with Gasteiger partial charge in [0.15, 0.2) is 5.82 Å². The zero-order valence-electron chi connectivity index (χ0n) is 13.8. The lowest BCUT2D eigenvalue weighted by atomic mass is 9.97. The van der Waals surface area contributed by atoms with Crippen molar-refractivity contribution in [3.63, 3.8) is 0 Å². The molecule has 1 saturated heterocycles. The highest BCUT2D eigenvalue weighted by Crippen LogP contribution is 2.25. The minimum Gasteiger partial charge on any atom is -0.340 e. The molecule has 1 aliphatic heterocycles. The number of piperidine rings is 1. The van der Waals surface area contributed by atoms with Crippen LogP contribution in [0.4, 0.5) is 5.69 Å². The van der Waals surface area contributed by atoms with Gasteiger partial charge in [-0.25, -0.2) is 0 Å². The van der Waals surface area contributed by atoms with Crippen molar-refractivity contribution in [2.45, 2.75) is 32.6 Å². The number of nitrogens with zero attached hydrogens (tertiary/aromatic N) is 3. The van der Waals surface area contributed by atoms with Gasteiger partial charge in [0.05, 0.1) is 0 Å². The van der Waals surface area contributed by atoms with Crippen LogP contribution in [-0.4, -0.2) is 39.9 Å². The highest BCUT2D eigenvalue weighted by atomic mass is 16.5. The summed E-state index contributed by atoms with van der Waals surface area (Å²) < 4.78 is 5.01. The fourth-order valence-corrected chi connectivity index (χ4v) is 2.90. The number of benzene rings is 1. The number of amides is 2. The minimum atomic E-state index is -0.620. The summed E-state index contributed by atoms with van der Waals surface area (Å²) in [6.45, 7) is 4.66. The maximum Gasteiger partial charge on any atom is 0.313 e. The predicted octanol–water partition coefficient (Wildman–Crippen LogP) is 2.03. The number of aryl methyl sites for hydroxylation is 2. The van der Waals surface area contributed by atoms with Crippen molar-refractivity contribution in [3.05, 3.63) is 41.5 Å². The maximum atomic E-state index is 12.4. The largest absolute Gasteiger partial charge is 0.340 e. The molecule has 1 unspecified atom stereocenters. The molecule has 7 nitrogen and oxygen atoms in total. The summed E-state index contributed by atoms with van der Waals surface area (Å²) in [5, 5.41) is 6.59. The molecule has 1 fully saturated rings. The highest BCUT2D eigenvalue weighted by Gasteiger charge is 2.30.